The third kappa shape index (κ3) is 14.4. The Hall–Kier alpha value is -3.84. The van der Waals surface area contributed by atoms with E-state index in [4.69, 9.17) is 33.2 Å². The van der Waals surface area contributed by atoms with E-state index in [2.05, 4.69) is 108 Å². The number of hydrazine groups is 1. The minimum absolute atomic E-state index is 0.00127. The number of carbonyl (C=O) groups excluding carboxylic acids is 3. The summed E-state index contributed by atoms with van der Waals surface area (Å²) in [6, 6.07) is 8.72. The maximum atomic E-state index is 14.4. The number of esters is 1. The smallest absolute Gasteiger partial charge is 0.464 e. The Bertz CT molecular complexity index is 2190. The average molecular weight is 996 g/mol. The number of benzene rings is 1. The number of pyridine rings is 1. The molecule has 2 N–H and O–H groups in total. The van der Waals surface area contributed by atoms with Gasteiger partial charge in [0.15, 0.2) is 0 Å². The Morgan fingerprint density at radius 1 is 1.06 bits per heavy atom. The molecule has 0 bridgehead atoms. The summed E-state index contributed by atoms with van der Waals surface area (Å²) in [4.78, 5) is 48.5. The van der Waals surface area contributed by atoms with Gasteiger partial charge in [-0.2, -0.15) is 0 Å². The number of rotatable bonds is 21. The average Bonchev–Trinajstić information content (AvgIpc) is 3.58. The SMILES string of the molecule is CCOB(OC(C)(C)CC)c1ccc2c(c1)c(CC(C)(C)COC(=O)[C@@H]1CCCN(C(=O)[C@H](CN3CC(Br)=CC[C@@H]3COC)NC(=O)OC(C)(C)C)N1)c(-c1cccnc1[C@H](C)OC)n2CC. The zero-order chi connectivity index (χ0) is 49.3. The van der Waals surface area contributed by atoms with Crippen LogP contribution in [-0.4, -0.2) is 128 Å². The second-order valence-electron chi connectivity index (χ2n) is 20.1. The lowest BCUT2D eigenvalue weighted by atomic mass is 9.76. The van der Waals surface area contributed by atoms with Crippen molar-refractivity contribution in [3.05, 3.63) is 58.3 Å². The molecule has 0 saturated carbocycles. The highest BCUT2D eigenvalue weighted by atomic mass is 79.9. The first-order valence-electron chi connectivity index (χ1n) is 23.9. The molecule has 1 saturated heterocycles. The lowest BCUT2D eigenvalue weighted by Gasteiger charge is -2.39. The monoisotopic (exact) mass is 994 g/mol. The third-order valence-electron chi connectivity index (χ3n) is 12.5. The van der Waals surface area contributed by atoms with Crippen LogP contribution in [0.1, 0.15) is 119 Å². The Balaban J connectivity index is 1.42. The standard InChI is InChI=1S/C50H76BBrN6O9/c1-14-50(10,11)67-51(65-16-3)34-21-24-42-38(27-34)39(44(57(42)15-2)37-19-17-25-53-43(37)33(4)63-13)28-49(8,9)32-64-46(60)40-20-18-26-58(55-40)45(59)41(54-47(61)66-48(5,6)7)30-56-29-35(52)22-23-36(56)31-62-12/h17,19,21-22,24-25,27,33,36,40-41,55H,14-16,18,20,23,26,28-32H2,1-13H3,(H,54,61)/t33-,36+,40-,41-/m0/s1. The van der Waals surface area contributed by atoms with Gasteiger partial charge in [0.05, 0.1) is 30.7 Å². The molecule has 0 spiro atoms. The van der Waals surface area contributed by atoms with Crippen LogP contribution in [0.4, 0.5) is 4.79 Å². The molecule has 4 atom stereocenters. The highest BCUT2D eigenvalue weighted by Crippen LogP contribution is 2.40. The molecular formula is C50H76BBrN6O9. The fourth-order valence-electron chi connectivity index (χ4n) is 8.63. The molecule has 5 rings (SSSR count). The first-order valence-corrected chi connectivity index (χ1v) is 24.7. The van der Waals surface area contributed by atoms with Gasteiger partial charge >= 0.3 is 19.2 Å². The summed E-state index contributed by atoms with van der Waals surface area (Å²) in [7, 11) is 2.76. The summed E-state index contributed by atoms with van der Waals surface area (Å²) < 4.78 is 39.2. The minimum Gasteiger partial charge on any atom is -0.464 e. The van der Waals surface area contributed by atoms with Gasteiger partial charge in [-0.1, -0.05) is 54.9 Å². The second-order valence-corrected chi connectivity index (χ2v) is 21.1. The van der Waals surface area contributed by atoms with Crippen LogP contribution in [0, 0.1) is 5.41 Å². The van der Waals surface area contributed by atoms with Crippen LogP contribution in [0.25, 0.3) is 22.2 Å². The number of nitrogens with one attached hydrogen (secondary N) is 2. The van der Waals surface area contributed by atoms with Crippen molar-refractivity contribution in [3.8, 4) is 11.3 Å². The quantitative estimate of drug-likeness (QED) is 0.0789. The summed E-state index contributed by atoms with van der Waals surface area (Å²) in [5, 5.41) is 5.33. The number of aromatic nitrogens is 2. The first-order chi connectivity index (χ1) is 31.6. The predicted octanol–water partition coefficient (Wildman–Crippen LogP) is 7.87. The van der Waals surface area contributed by atoms with E-state index in [0.29, 0.717) is 52.1 Å². The Labute approximate surface area is 407 Å². The van der Waals surface area contributed by atoms with Gasteiger partial charge in [0, 0.05) is 91.2 Å². The normalized spacial score (nSPS) is 18.4. The lowest BCUT2D eigenvalue weighted by Crippen LogP contribution is -2.63. The minimum atomic E-state index is -0.977. The van der Waals surface area contributed by atoms with E-state index in [1.54, 1.807) is 41.2 Å². The summed E-state index contributed by atoms with van der Waals surface area (Å²) >= 11 is 3.63. The van der Waals surface area contributed by atoms with Gasteiger partial charge in [0.2, 0.25) is 0 Å². The van der Waals surface area contributed by atoms with Gasteiger partial charge in [-0.25, -0.2) is 10.2 Å². The fourth-order valence-corrected chi connectivity index (χ4v) is 9.14. The molecule has 67 heavy (non-hydrogen) atoms. The maximum Gasteiger partial charge on any atom is 0.494 e. The van der Waals surface area contributed by atoms with Crippen molar-refractivity contribution in [3.63, 3.8) is 0 Å². The van der Waals surface area contributed by atoms with Gasteiger partial charge < -0.3 is 38.1 Å². The Morgan fingerprint density at radius 2 is 1.81 bits per heavy atom. The van der Waals surface area contributed by atoms with E-state index in [1.165, 1.54) is 5.01 Å². The van der Waals surface area contributed by atoms with Gasteiger partial charge in [0.25, 0.3) is 5.91 Å². The molecule has 0 radical (unpaired) electrons. The number of hydrogen-bond acceptors (Lipinski definition) is 12. The Morgan fingerprint density at radius 3 is 2.46 bits per heavy atom. The summed E-state index contributed by atoms with van der Waals surface area (Å²) in [5.41, 5.74) is 7.33. The molecule has 17 heteroatoms. The number of hydrogen-bond donors (Lipinski definition) is 2. The molecule has 0 unspecified atom stereocenters. The zero-order valence-electron chi connectivity index (χ0n) is 42.3. The van der Waals surface area contributed by atoms with Gasteiger partial charge in [0.1, 0.15) is 17.7 Å². The maximum absolute atomic E-state index is 14.4. The number of methoxy groups -OCH3 is 2. The Kier molecular flexibility index (Phi) is 19.1. The molecule has 2 aliphatic rings. The molecule has 2 aliphatic heterocycles. The van der Waals surface area contributed by atoms with E-state index < -0.39 is 47.9 Å². The van der Waals surface area contributed by atoms with Gasteiger partial charge in [-0.15, -0.1) is 0 Å². The van der Waals surface area contributed by atoms with Crippen molar-refractivity contribution < 1.29 is 42.6 Å². The van der Waals surface area contributed by atoms with E-state index >= 15 is 0 Å². The molecule has 1 aromatic carbocycles. The predicted molar refractivity (Wildman–Crippen MR) is 267 cm³/mol. The molecule has 0 aliphatic carbocycles. The highest BCUT2D eigenvalue weighted by Gasteiger charge is 2.38. The second kappa shape index (κ2) is 23.7. The number of ether oxygens (including phenoxy) is 4. The summed E-state index contributed by atoms with van der Waals surface area (Å²) in [6.45, 7) is 24.7. The molecule has 1 fully saturated rings. The van der Waals surface area contributed by atoms with Crippen molar-refractivity contribution in [2.45, 2.75) is 150 Å². The van der Waals surface area contributed by atoms with Crippen molar-refractivity contribution in [1.29, 1.82) is 0 Å². The fraction of sp³-hybridized carbons (Fsp3) is 0.640. The molecular weight excluding hydrogens is 919 g/mol. The van der Waals surface area contributed by atoms with E-state index in [1.807, 2.05) is 19.9 Å². The molecule has 3 aromatic rings. The van der Waals surface area contributed by atoms with Gasteiger partial charge in [-0.05, 0) is 117 Å². The van der Waals surface area contributed by atoms with Crippen molar-refractivity contribution >= 4 is 57.4 Å². The molecule has 2 amide bonds. The summed E-state index contributed by atoms with van der Waals surface area (Å²) in [5.74, 6) is -0.831. The molecule has 15 nitrogen and oxygen atoms in total. The topological polar surface area (TPSA) is 155 Å². The lowest BCUT2D eigenvalue weighted by molar-refractivity contribution is -0.155. The third-order valence-corrected chi connectivity index (χ3v) is 13.0. The van der Waals surface area contributed by atoms with Crippen LogP contribution < -0.4 is 16.2 Å². The van der Waals surface area contributed by atoms with Crippen LogP contribution in [0.3, 0.4) is 0 Å². The zero-order valence-corrected chi connectivity index (χ0v) is 43.8. The molecule has 4 heterocycles. The number of alkyl carbamates (subject to hydrolysis) is 1. The van der Waals surface area contributed by atoms with Crippen molar-refractivity contribution in [2.24, 2.45) is 5.41 Å². The number of fused-ring (bicyclic) bond motifs is 1. The number of nitrogens with zero attached hydrogens (tertiary/aromatic N) is 4. The molecule has 370 valence electrons. The van der Waals surface area contributed by atoms with Crippen LogP contribution in [0.2, 0.25) is 0 Å². The first kappa shape index (κ1) is 54.1. The van der Waals surface area contributed by atoms with Crippen LogP contribution in [-0.2, 0) is 50.8 Å². The van der Waals surface area contributed by atoms with Crippen LogP contribution in [0.15, 0.2) is 47.1 Å². The summed E-state index contributed by atoms with van der Waals surface area (Å²) in [6.07, 6.45) is 6.04. The van der Waals surface area contributed by atoms with E-state index in [0.717, 1.165) is 56.2 Å². The van der Waals surface area contributed by atoms with Crippen molar-refractivity contribution in [1.82, 2.24) is 30.2 Å². The van der Waals surface area contributed by atoms with Crippen LogP contribution >= 0.6 is 15.9 Å². The number of aryl methyl sites for hydroxylation is 1. The largest absolute Gasteiger partial charge is 0.494 e. The van der Waals surface area contributed by atoms with E-state index in [9.17, 15) is 14.4 Å². The van der Waals surface area contributed by atoms with Crippen LogP contribution in [0.5, 0.6) is 0 Å². The highest BCUT2D eigenvalue weighted by molar-refractivity contribution is 9.11. The van der Waals surface area contributed by atoms with Gasteiger partial charge in [-0.3, -0.25) is 24.5 Å². The van der Waals surface area contributed by atoms with Crippen molar-refractivity contribution in [2.75, 3.05) is 53.7 Å². The number of halogens is 1. The number of amides is 2. The number of carbonyl (C=O) groups is 3. The molecule has 2 aromatic heterocycles. The van der Waals surface area contributed by atoms with E-state index in [-0.39, 0.29) is 31.2 Å².